The Kier molecular flexibility index (Phi) is 0.190. The summed E-state index contributed by atoms with van der Waals surface area (Å²) < 4.78 is 28.5. The normalized spacial score (nSPS) is 64.0. The van der Waals surface area contributed by atoms with Gasteiger partial charge in [0.25, 0.3) is 0 Å². The first kappa shape index (κ1) is 0.735. The van der Waals surface area contributed by atoms with Crippen molar-refractivity contribution in [2.24, 2.45) is 0 Å². The molecule has 0 saturated carbocycles. The summed E-state index contributed by atoms with van der Waals surface area (Å²) in [5, 5.41) is 0. The molecule has 1 aliphatic heterocycles. The minimum atomic E-state index is -2.40. The Balaban J connectivity index is 2.42. The van der Waals surface area contributed by atoms with Crippen LogP contribution in [-0.2, 0) is 0 Å². The van der Waals surface area contributed by atoms with Crippen molar-refractivity contribution in [1.29, 1.82) is 4.94 Å². The summed E-state index contributed by atoms with van der Waals surface area (Å²) in [6.45, 7) is 0. The molecule has 0 amide bonds. The third kappa shape index (κ3) is 0.255. The van der Waals surface area contributed by atoms with E-state index in [1.807, 2.05) is 0 Å². The Bertz CT molecular complexity index is 88.6. The lowest BCUT2D eigenvalue weighted by molar-refractivity contribution is 1.71. The molecule has 1 rings (SSSR count). The van der Waals surface area contributed by atoms with Crippen LogP contribution in [0.3, 0.4) is 0 Å². The van der Waals surface area contributed by atoms with E-state index in [9.17, 15) is 0 Å². The van der Waals surface area contributed by atoms with E-state index in [0.29, 0.717) is 11.3 Å². The molecule has 0 atom stereocenters. The fourth-order valence-electron chi connectivity index (χ4n) is 0.125. The molecule has 1 aliphatic rings. The monoisotopic (exact) mass is 92.0 g/mol. The molecule has 0 aromatic rings. The van der Waals surface area contributed by atoms with Crippen LogP contribution in [0.1, 0.15) is 0 Å². The van der Waals surface area contributed by atoms with Crippen LogP contribution in [0.5, 0.6) is 0 Å². The molecule has 0 aromatic heterocycles. The molecule has 1 fully saturated rings. The van der Waals surface area contributed by atoms with Gasteiger partial charge in [-0.1, -0.05) is 11.3 Å². The molecule has 0 N–H and O–H groups in total. The van der Waals surface area contributed by atoms with Gasteiger partial charge in [-0.15, -0.1) is 0 Å². The third-order valence-electron chi connectivity index (χ3n) is 0.500. The molecule has 0 radical (unpaired) electrons. The van der Waals surface area contributed by atoms with E-state index in [4.69, 9.17) is 4.94 Å². The fraction of sp³-hybridized carbons (Fsp3) is 1.00. The van der Waals surface area contributed by atoms with E-state index < -0.39 is 18.8 Å². The molecule has 0 unspecified atom stereocenters. The van der Waals surface area contributed by atoms with Crippen molar-refractivity contribution in [1.82, 2.24) is 0 Å². The molecule has 24 valence electrons. The van der Waals surface area contributed by atoms with Crippen LogP contribution >= 0.6 is 0 Å². The molecular weight excluding hydrogens is 80.2 g/mol. The second-order valence-electron chi connectivity index (χ2n) is 0.854. The maximum Gasteiger partial charge on any atom is 0.0134 e. The van der Waals surface area contributed by atoms with E-state index in [2.05, 4.69) is 0 Å². The van der Waals surface area contributed by atoms with Gasteiger partial charge in [-0.25, -0.2) is 0 Å². The van der Waals surface area contributed by atoms with Gasteiger partial charge in [0.1, 0.15) is 0 Å². The van der Waals surface area contributed by atoms with Crippen molar-refractivity contribution in [3.8, 4) is 0 Å². The van der Waals surface area contributed by atoms with Gasteiger partial charge in [-0.2, -0.15) is 0 Å². The van der Waals surface area contributed by atoms with Crippen LogP contribution < -0.4 is 0 Å². The Hall–Kier alpha value is 0.434. The van der Waals surface area contributed by atoms with E-state index in [-0.39, 0.29) is 0 Å². The summed E-state index contributed by atoms with van der Waals surface area (Å²) in [6.07, 6.45) is 0. The lowest BCUT2D eigenvalue weighted by atomic mass is 11.8. The average molecular weight is 92.3 g/mol. The molecule has 0 spiro atoms. The minimum Gasteiger partial charge on any atom is -0.0725 e. The molecule has 0 bridgehead atoms. The van der Waals surface area contributed by atoms with Gasteiger partial charge in [0.15, 0.2) is 0 Å². The summed E-state index contributed by atoms with van der Waals surface area (Å²) in [6, 6.07) is 0. The lowest BCUT2D eigenvalue weighted by Crippen LogP contribution is -2.10. The van der Waals surface area contributed by atoms with Crippen LogP contribution in [-0.4, -0.2) is 23.7 Å². The first-order valence-corrected chi connectivity index (χ1v) is 4.24. The van der Waals surface area contributed by atoms with Gasteiger partial charge in [0.2, 0.25) is 0 Å². The Morgan fingerprint density at radius 3 is 2.00 bits per heavy atom. The molecule has 1 heterocycles. The maximum atomic E-state index is 7.12. The molecule has 4 heavy (non-hydrogen) atoms. The molecule has 0 aliphatic carbocycles. The van der Waals surface area contributed by atoms with E-state index in [0.717, 1.165) is 0 Å². The largest absolute Gasteiger partial charge is 0.0725 e. The highest BCUT2D eigenvalue weighted by molar-refractivity contribution is 6.74. The van der Waals surface area contributed by atoms with Crippen molar-refractivity contribution in [2.45, 2.75) is 11.3 Å². The van der Waals surface area contributed by atoms with E-state index in [1.54, 1.807) is 0 Å². The van der Waals surface area contributed by atoms with Gasteiger partial charge < -0.3 is 0 Å². The average Bonchev–Trinajstić information content (AvgIpc) is 1.20. The van der Waals surface area contributed by atoms with E-state index in [1.165, 1.54) is 0 Å². The quantitative estimate of drug-likeness (QED) is 0.339. The summed E-state index contributed by atoms with van der Waals surface area (Å²) in [5.41, 5.74) is 0.694. The van der Waals surface area contributed by atoms with Crippen molar-refractivity contribution >= 4 is 18.8 Å². The number of hydrogen-bond acceptors (Lipinski definition) is 0. The predicted molar refractivity (Wildman–Crippen MR) is 26.7 cm³/mol. The first-order valence-electron chi connectivity index (χ1n) is 3.41. The van der Waals surface area contributed by atoms with Crippen molar-refractivity contribution < 1.29 is 0 Å². The summed E-state index contributed by atoms with van der Waals surface area (Å²) in [7, 11) is -4.80. The topological polar surface area (TPSA) is 0 Å². The minimum absolute atomic E-state index is 0.347. The SMILES string of the molecule is [2H][Si]1([2H])C[Si]([2H])([2H])C1. The third-order valence-corrected chi connectivity index (χ3v) is 4.50. The second kappa shape index (κ2) is 1.03. The van der Waals surface area contributed by atoms with Gasteiger partial charge in [-0.05, 0) is 0 Å². The first-order chi connectivity index (χ1) is 3.41. The van der Waals surface area contributed by atoms with Gasteiger partial charge in [-0.3, -0.25) is 0 Å². The maximum absolute atomic E-state index is 7.12. The zero-order chi connectivity index (χ0) is 6.41. The van der Waals surface area contributed by atoms with Crippen molar-refractivity contribution in [3.63, 3.8) is 0 Å². The highest BCUT2D eigenvalue weighted by Gasteiger charge is 1.97. The predicted octanol–water partition coefficient (Wildman–Crippen LogP) is -0.911. The molecule has 0 aromatic carbocycles. The zero-order valence-corrected chi connectivity index (χ0v) is 4.41. The molecule has 2 heteroatoms. The zero-order valence-electron chi connectivity index (χ0n) is 6.41. The van der Waals surface area contributed by atoms with E-state index >= 15 is 0 Å². The van der Waals surface area contributed by atoms with Crippen LogP contribution in [0, 0.1) is 0 Å². The van der Waals surface area contributed by atoms with Crippen LogP contribution in [0.15, 0.2) is 0 Å². The van der Waals surface area contributed by atoms with Crippen LogP contribution in [0.2, 0.25) is 11.3 Å². The van der Waals surface area contributed by atoms with Crippen LogP contribution in [0.25, 0.3) is 0 Å². The standard InChI is InChI=1S/C2H8Si2/c1-3-2-4-1/h1-4H2/i3D2,4D2. The Morgan fingerprint density at radius 1 is 1.50 bits per heavy atom. The van der Waals surface area contributed by atoms with Gasteiger partial charge in [0.05, 0.1) is 0 Å². The highest BCUT2D eigenvalue weighted by atomic mass is 28.3. The molecular formula is C2H8Si2. The molecule has 0 nitrogen and oxygen atoms in total. The number of rotatable bonds is 0. The summed E-state index contributed by atoms with van der Waals surface area (Å²) >= 11 is 0. The summed E-state index contributed by atoms with van der Waals surface area (Å²) in [4.78, 5) is 0. The van der Waals surface area contributed by atoms with Crippen LogP contribution in [0.4, 0.5) is 0 Å². The number of hydrogen-bond donors (Lipinski definition) is 0. The second-order valence-corrected chi connectivity index (χ2v) is 4.68. The van der Waals surface area contributed by atoms with Gasteiger partial charge in [0, 0.05) is 23.7 Å². The molecule has 1 saturated heterocycles. The Morgan fingerprint density at radius 2 is 2.00 bits per heavy atom. The van der Waals surface area contributed by atoms with Gasteiger partial charge >= 0.3 is 0 Å². The fourth-order valence-corrected chi connectivity index (χ4v) is 1.12. The summed E-state index contributed by atoms with van der Waals surface area (Å²) in [5.74, 6) is 0. The highest BCUT2D eigenvalue weighted by Crippen LogP contribution is 1.94. The Labute approximate surface area is 36.1 Å². The van der Waals surface area contributed by atoms with Crippen molar-refractivity contribution in [3.05, 3.63) is 0 Å². The smallest absolute Gasteiger partial charge is 0.0134 e. The lowest BCUT2D eigenvalue weighted by Gasteiger charge is -2.03. The van der Waals surface area contributed by atoms with Crippen molar-refractivity contribution in [2.75, 3.05) is 0 Å².